The lowest BCUT2D eigenvalue weighted by Crippen LogP contribution is -2.24. The van der Waals surface area contributed by atoms with Gasteiger partial charge in [-0.25, -0.2) is 8.78 Å². The maximum absolute atomic E-state index is 12.7. The van der Waals surface area contributed by atoms with Crippen molar-refractivity contribution in [1.82, 2.24) is 0 Å². The normalized spacial score (nSPS) is 26.5. The number of rotatable bonds is 2. The minimum atomic E-state index is -2.42. The zero-order valence-corrected chi connectivity index (χ0v) is 7.97. The summed E-state index contributed by atoms with van der Waals surface area (Å²) in [6, 6.07) is 0.0300. The molecule has 1 aliphatic rings. The molecule has 0 bridgehead atoms. The van der Waals surface area contributed by atoms with E-state index in [1.165, 1.54) is 0 Å². The summed E-state index contributed by atoms with van der Waals surface area (Å²) in [4.78, 5) is 0. The van der Waals surface area contributed by atoms with Crippen molar-refractivity contribution in [2.75, 3.05) is 0 Å². The van der Waals surface area contributed by atoms with Crippen molar-refractivity contribution >= 4 is 0 Å². The summed E-state index contributed by atoms with van der Waals surface area (Å²) in [5.74, 6) is -2.11. The first kappa shape index (κ1) is 10.6. The average Bonchev–Trinajstić information content (AvgIpc) is 2.02. The number of alkyl halides is 2. The van der Waals surface area contributed by atoms with Crippen LogP contribution in [0.4, 0.5) is 8.78 Å². The molecule has 1 atom stereocenters. The quantitative estimate of drug-likeness (QED) is 0.664. The van der Waals surface area contributed by atoms with E-state index in [0.717, 1.165) is 0 Å². The van der Waals surface area contributed by atoms with Crippen molar-refractivity contribution in [3.8, 4) is 0 Å². The van der Waals surface area contributed by atoms with Gasteiger partial charge >= 0.3 is 0 Å². The molecule has 0 amide bonds. The van der Waals surface area contributed by atoms with E-state index in [2.05, 4.69) is 0 Å². The van der Waals surface area contributed by atoms with Crippen molar-refractivity contribution in [2.24, 2.45) is 11.7 Å². The molecule has 0 spiro atoms. The molecule has 1 nitrogen and oxygen atoms in total. The van der Waals surface area contributed by atoms with Crippen LogP contribution in [-0.2, 0) is 0 Å². The van der Waals surface area contributed by atoms with Gasteiger partial charge < -0.3 is 5.73 Å². The van der Waals surface area contributed by atoms with Crippen molar-refractivity contribution in [2.45, 2.75) is 44.6 Å². The van der Waals surface area contributed by atoms with Gasteiger partial charge in [0.25, 0.3) is 0 Å². The second-order valence-electron chi connectivity index (χ2n) is 3.94. The molecule has 2 N–H and O–H groups in total. The Morgan fingerprint density at radius 2 is 1.92 bits per heavy atom. The molecule has 0 aromatic heterocycles. The van der Waals surface area contributed by atoms with E-state index in [9.17, 15) is 8.78 Å². The van der Waals surface area contributed by atoms with E-state index < -0.39 is 5.92 Å². The van der Waals surface area contributed by atoms with Gasteiger partial charge in [-0.2, -0.15) is 0 Å². The van der Waals surface area contributed by atoms with Gasteiger partial charge in [-0.05, 0) is 25.7 Å². The Labute approximate surface area is 78.0 Å². The van der Waals surface area contributed by atoms with Crippen LogP contribution in [-0.4, -0.2) is 12.0 Å². The first-order valence-electron chi connectivity index (χ1n) is 4.81. The number of halogens is 2. The highest BCUT2D eigenvalue weighted by molar-refractivity contribution is 4.96. The Kier molecular flexibility index (Phi) is 3.42. The molecule has 1 aliphatic carbocycles. The van der Waals surface area contributed by atoms with Crippen LogP contribution in [0.25, 0.3) is 0 Å². The van der Waals surface area contributed by atoms with Gasteiger partial charge in [0, 0.05) is 18.9 Å². The minimum Gasteiger partial charge on any atom is -0.325 e. The zero-order chi connectivity index (χ0) is 9.90. The smallest absolute Gasteiger partial charge is 0.248 e. The fourth-order valence-corrected chi connectivity index (χ4v) is 1.59. The summed E-state index contributed by atoms with van der Waals surface area (Å²) in [7, 11) is 0. The molecule has 0 radical (unpaired) electrons. The summed E-state index contributed by atoms with van der Waals surface area (Å²) in [6.45, 7) is 1.88. The summed E-state index contributed by atoms with van der Waals surface area (Å²) in [6.07, 6.45) is 5.13. The molecule has 0 saturated heterocycles. The van der Waals surface area contributed by atoms with E-state index in [4.69, 9.17) is 5.73 Å². The lowest BCUT2D eigenvalue weighted by atomic mass is 9.86. The zero-order valence-electron chi connectivity index (χ0n) is 7.97. The molecule has 0 aliphatic heterocycles. The number of allylic oxidation sites excluding steroid dienone is 1. The maximum Gasteiger partial charge on any atom is 0.248 e. The van der Waals surface area contributed by atoms with Gasteiger partial charge in [0.1, 0.15) is 0 Å². The average molecular weight is 189 g/mol. The summed E-state index contributed by atoms with van der Waals surface area (Å²) >= 11 is 0. The lowest BCUT2D eigenvalue weighted by Gasteiger charge is -2.26. The van der Waals surface area contributed by atoms with Crippen LogP contribution in [0.15, 0.2) is 12.2 Å². The third-order valence-electron chi connectivity index (χ3n) is 2.45. The summed E-state index contributed by atoms with van der Waals surface area (Å²) < 4.78 is 25.5. The summed E-state index contributed by atoms with van der Waals surface area (Å²) in [5.41, 5.74) is 5.53. The van der Waals surface area contributed by atoms with Crippen LogP contribution in [0, 0.1) is 5.92 Å². The molecule has 0 heterocycles. The predicted octanol–water partition coefficient (Wildman–Crippen LogP) is 2.72. The van der Waals surface area contributed by atoms with Crippen LogP contribution in [0.3, 0.4) is 0 Å². The van der Waals surface area contributed by atoms with E-state index in [-0.39, 0.29) is 18.9 Å². The van der Waals surface area contributed by atoms with E-state index in [1.54, 1.807) is 0 Å². The number of nitrogens with two attached hydrogens (primary N) is 1. The highest BCUT2D eigenvalue weighted by Gasteiger charge is 2.33. The van der Waals surface area contributed by atoms with Gasteiger partial charge in [-0.3, -0.25) is 0 Å². The van der Waals surface area contributed by atoms with Gasteiger partial charge in [0.2, 0.25) is 5.92 Å². The topological polar surface area (TPSA) is 26.0 Å². The highest BCUT2D eigenvalue weighted by Crippen LogP contribution is 2.36. The number of hydrogen-bond donors (Lipinski definition) is 1. The Morgan fingerprint density at radius 3 is 2.38 bits per heavy atom. The van der Waals surface area contributed by atoms with Crippen molar-refractivity contribution in [3.63, 3.8) is 0 Å². The van der Waals surface area contributed by atoms with Crippen LogP contribution in [0.2, 0.25) is 0 Å². The van der Waals surface area contributed by atoms with Gasteiger partial charge in [-0.1, -0.05) is 12.2 Å². The largest absolute Gasteiger partial charge is 0.325 e. The molecule has 1 saturated carbocycles. The fraction of sp³-hybridized carbons (Fsp3) is 0.800. The highest BCUT2D eigenvalue weighted by atomic mass is 19.3. The van der Waals surface area contributed by atoms with E-state index >= 15 is 0 Å². The molecule has 0 aromatic carbocycles. The molecule has 76 valence electrons. The lowest BCUT2D eigenvalue weighted by molar-refractivity contribution is -0.0411. The molecule has 0 aromatic rings. The van der Waals surface area contributed by atoms with Crippen molar-refractivity contribution in [3.05, 3.63) is 12.2 Å². The Hall–Kier alpha value is -0.440. The fourth-order valence-electron chi connectivity index (χ4n) is 1.59. The molecular weight excluding hydrogens is 172 g/mol. The molecule has 1 unspecified atom stereocenters. The molecule has 1 rings (SSSR count). The van der Waals surface area contributed by atoms with Gasteiger partial charge in [-0.15, -0.1) is 0 Å². The van der Waals surface area contributed by atoms with E-state index in [1.807, 2.05) is 19.1 Å². The Morgan fingerprint density at radius 1 is 1.38 bits per heavy atom. The van der Waals surface area contributed by atoms with E-state index in [0.29, 0.717) is 18.8 Å². The SMILES string of the molecule is CC(N)/C=C/C1CCC(F)(F)CC1. The minimum absolute atomic E-state index is 0.0287. The van der Waals surface area contributed by atoms with Crippen LogP contribution in [0.5, 0.6) is 0 Å². The van der Waals surface area contributed by atoms with Crippen LogP contribution in [0.1, 0.15) is 32.6 Å². The van der Waals surface area contributed by atoms with Crippen molar-refractivity contribution in [1.29, 1.82) is 0 Å². The Bertz CT molecular complexity index is 177. The molecular formula is C10H17F2N. The summed E-state index contributed by atoms with van der Waals surface area (Å²) in [5, 5.41) is 0. The molecule has 3 heteroatoms. The van der Waals surface area contributed by atoms with Crippen molar-refractivity contribution < 1.29 is 8.78 Å². The second kappa shape index (κ2) is 4.18. The molecule has 13 heavy (non-hydrogen) atoms. The third-order valence-corrected chi connectivity index (χ3v) is 2.45. The molecule has 1 fully saturated rings. The van der Waals surface area contributed by atoms with Crippen LogP contribution >= 0.6 is 0 Å². The third kappa shape index (κ3) is 3.85. The predicted molar refractivity (Wildman–Crippen MR) is 49.7 cm³/mol. The van der Waals surface area contributed by atoms with Gasteiger partial charge in [0.05, 0.1) is 0 Å². The maximum atomic E-state index is 12.7. The standard InChI is InChI=1S/C10H17F2N/c1-8(13)2-3-9-4-6-10(11,12)7-5-9/h2-3,8-9H,4-7,13H2,1H3/b3-2+. The monoisotopic (exact) mass is 189 g/mol. The first-order valence-corrected chi connectivity index (χ1v) is 4.81. The first-order chi connectivity index (χ1) is 5.99. The van der Waals surface area contributed by atoms with Gasteiger partial charge in [0.15, 0.2) is 0 Å². The number of hydrogen-bond acceptors (Lipinski definition) is 1. The second-order valence-corrected chi connectivity index (χ2v) is 3.94. The Balaban J connectivity index is 2.33. The van der Waals surface area contributed by atoms with Crippen LogP contribution < -0.4 is 5.73 Å².